The predicted molar refractivity (Wildman–Crippen MR) is 92.9 cm³/mol. The van der Waals surface area contributed by atoms with Gasteiger partial charge in [-0.25, -0.2) is 4.39 Å². The fraction of sp³-hybridized carbons (Fsp3) is 0.300. The fourth-order valence-electron chi connectivity index (χ4n) is 2.98. The molecule has 0 aromatic heterocycles. The normalized spacial score (nSPS) is 17.0. The summed E-state index contributed by atoms with van der Waals surface area (Å²) in [6, 6.07) is 14.3. The van der Waals surface area contributed by atoms with Crippen LogP contribution in [0.15, 0.2) is 48.5 Å². The molecule has 0 aliphatic carbocycles. The predicted octanol–water partition coefficient (Wildman–Crippen LogP) is 2.80. The lowest BCUT2D eigenvalue weighted by atomic mass is 10.1. The Labute approximate surface area is 146 Å². The Morgan fingerprint density at radius 3 is 2.64 bits per heavy atom. The number of likely N-dealkylation sites (tertiary alicyclic amines) is 1. The second kappa shape index (κ2) is 7.47. The highest BCUT2D eigenvalue weighted by atomic mass is 19.1. The standard InChI is InChI=1S/C20H21FN2O2/c1-14-6-8-15(9-7-14)12-23-13-17(10-19(23)24)20(25)22-11-16-4-2-3-5-18(16)21/h2-9,17H,10-13H2,1H3,(H,22,25). The van der Waals surface area contributed by atoms with Crippen LogP contribution in [0.5, 0.6) is 0 Å². The van der Waals surface area contributed by atoms with Crippen molar-refractivity contribution in [1.29, 1.82) is 0 Å². The molecule has 1 saturated heterocycles. The zero-order valence-corrected chi connectivity index (χ0v) is 14.2. The van der Waals surface area contributed by atoms with E-state index in [0.717, 1.165) is 5.56 Å². The van der Waals surface area contributed by atoms with Crippen molar-refractivity contribution in [3.63, 3.8) is 0 Å². The van der Waals surface area contributed by atoms with Crippen molar-refractivity contribution in [1.82, 2.24) is 10.2 Å². The second-order valence-corrected chi connectivity index (χ2v) is 6.47. The molecule has 2 aromatic rings. The first-order valence-corrected chi connectivity index (χ1v) is 8.37. The quantitative estimate of drug-likeness (QED) is 0.910. The van der Waals surface area contributed by atoms with Gasteiger partial charge < -0.3 is 10.2 Å². The minimum Gasteiger partial charge on any atom is -0.352 e. The fourth-order valence-corrected chi connectivity index (χ4v) is 2.98. The number of aryl methyl sites for hydroxylation is 1. The first-order valence-electron chi connectivity index (χ1n) is 8.37. The van der Waals surface area contributed by atoms with Crippen LogP contribution < -0.4 is 5.32 Å². The van der Waals surface area contributed by atoms with Gasteiger partial charge in [-0.05, 0) is 18.6 Å². The summed E-state index contributed by atoms with van der Waals surface area (Å²) < 4.78 is 13.6. The van der Waals surface area contributed by atoms with E-state index in [1.54, 1.807) is 23.1 Å². The van der Waals surface area contributed by atoms with Crippen molar-refractivity contribution in [3.05, 3.63) is 71.0 Å². The molecule has 0 spiro atoms. The van der Waals surface area contributed by atoms with Crippen LogP contribution in [0.4, 0.5) is 4.39 Å². The van der Waals surface area contributed by atoms with Gasteiger partial charge in [0.25, 0.3) is 0 Å². The van der Waals surface area contributed by atoms with E-state index in [2.05, 4.69) is 5.32 Å². The molecule has 0 radical (unpaired) electrons. The van der Waals surface area contributed by atoms with Crippen molar-refractivity contribution in [2.75, 3.05) is 6.54 Å². The third-order valence-corrected chi connectivity index (χ3v) is 4.49. The molecule has 0 bridgehead atoms. The molecule has 0 saturated carbocycles. The van der Waals surface area contributed by atoms with Gasteiger partial charge in [0.2, 0.25) is 11.8 Å². The molecule has 25 heavy (non-hydrogen) atoms. The summed E-state index contributed by atoms with van der Waals surface area (Å²) in [4.78, 5) is 26.2. The maximum Gasteiger partial charge on any atom is 0.225 e. The highest BCUT2D eigenvalue weighted by Crippen LogP contribution is 2.21. The average molecular weight is 340 g/mol. The summed E-state index contributed by atoms with van der Waals surface area (Å²) in [6.07, 6.45) is 0.203. The number of rotatable bonds is 5. The summed E-state index contributed by atoms with van der Waals surface area (Å²) in [5.41, 5.74) is 2.66. The lowest BCUT2D eigenvalue weighted by molar-refractivity contribution is -0.129. The van der Waals surface area contributed by atoms with Crippen molar-refractivity contribution in [3.8, 4) is 0 Å². The molecule has 130 valence electrons. The van der Waals surface area contributed by atoms with Crippen LogP contribution in [0.1, 0.15) is 23.1 Å². The number of carbonyl (C=O) groups excluding carboxylic acids is 2. The lowest BCUT2D eigenvalue weighted by Crippen LogP contribution is -2.32. The second-order valence-electron chi connectivity index (χ2n) is 6.47. The van der Waals surface area contributed by atoms with E-state index in [4.69, 9.17) is 0 Å². The van der Waals surface area contributed by atoms with E-state index in [9.17, 15) is 14.0 Å². The number of carbonyl (C=O) groups is 2. The summed E-state index contributed by atoms with van der Waals surface area (Å²) in [6.45, 7) is 3.06. The topological polar surface area (TPSA) is 49.4 Å². The van der Waals surface area contributed by atoms with Crippen molar-refractivity contribution >= 4 is 11.8 Å². The number of hydrogen-bond acceptors (Lipinski definition) is 2. The van der Waals surface area contributed by atoms with Gasteiger partial charge in [-0.2, -0.15) is 0 Å². The maximum absolute atomic E-state index is 13.6. The van der Waals surface area contributed by atoms with Gasteiger partial charge in [0, 0.05) is 31.6 Å². The SMILES string of the molecule is Cc1ccc(CN2CC(C(=O)NCc3ccccc3F)CC2=O)cc1. The van der Waals surface area contributed by atoms with Crippen molar-refractivity contribution in [2.24, 2.45) is 5.92 Å². The maximum atomic E-state index is 13.6. The van der Waals surface area contributed by atoms with Gasteiger partial charge >= 0.3 is 0 Å². The van der Waals surface area contributed by atoms with Gasteiger partial charge in [0.15, 0.2) is 0 Å². The number of nitrogens with zero attached hydrogens (tertiary/aromatic N) is 1. The van der Waals surface area contributed by atoms with Crippen LogP contribution in [0, 0.1) is 18.7 Å². The highest BCUT2D eigenvalue weighted by Gasteiger charge is 2.34. The van der Waals surface area contributed by atoms with Gasteiger partial charge in [-0.3, -0.25) is 9.59 Å². The lowest BCUT2D eigenvalue weighted by Gasteiger charge is -2.17. The van der Waals surface area contributed by atoms with E-state index in [1.807, 2.05) is 31.2 Å². The van der Waals surface area contributed by atoms with Crippen LogP contribution in [-0.4, -0.2) is 23.3 Å². The Balaban J connectivity index is 1.55. The number of benzene rings is 2. The van der Waals surface area contributed by atoms with Crippen LogP contribution in [0.2, 0.25) is 0 Å². The molecule has 2 amide bonds. The highest BCUT2D eigenvalue weighted by molar-refractivity contribution is 5.89. The Hall–Kier alpha value is -2.69. The molecule has 1 fully saturated rings. The summed E-state index contributed by atoms with van der Waals surface area (Å²) in [7, 11) is 0. The molecule has 1 N–H and O–H groups in total. The summed E-state index contributed by atoms with van der Waals surface area (Å²) in [5.74, 6) is -0.953. The molecule has 3 rings (SSSR count). The molecular weight excluding hydrogens is 319 g/mol. The molecule has 2 aromatic carbocycles. The van der Waals surface area contributed by atoms with E-state index in [1.165, 1.54) is 11.6 Å². The molecule has 5 heteroatoms. The Morgan fingerprint density at radius 1 is 1.20 bits per heavy atom. The third-order valence-electron chi connectivity index (χ3n) is 4.49. The average Bonchev–Trinajstić information content (AvgIpc) is 2.97. The molecular formula is C20H21FN2O2. The van der Waals surface area contributed by atoms with E-state index >= 15 is 0 Å². The summed E-state index contributed by atoms with van der Waals surface area (Å²) in [5, 5.41) is 2.74. The van der Waals surface area contributed by atoms with Gasteiger partial charge in [-0.1, -0.05) is 48.0 Å². The van der Waals surface area contributed by atoms with Gasteiger partial charge in [0.1, 0.15) is 5.82 Å². The van der Waals surface area contributed by atoms with E-state index in [0.29, 0.717) is 18.7 Å². The number of halogens is 1. The Bertz CT molecular complexity index is 774. The first-order chi connectivity index (χ1) is 12.0. The zero-order valence-electron chi connectivity index (χ0n) is 14.2. The van der Waals surface area contributed by atoms with Gasteiger partial charge in [0.05, 0.1) is 5.92 Å². The van der Waals surface area contributed by atoms with Crippen LogP contribution in [0.25, 0.3) is 0 Å². The molecule has 1 aliphatic rings. The number of amides is 2. The zero-order chi connectivity index (χ0) is 17.8. The van der Waals surface area contributed by atoms with Crippen LogP contribution >= 0.6 is 0 Å². The molecule has 1 unspecified atom stereocenters. The molecule has 4 nitrogen and oxygen atoms in total. The van der Waals surface area contributed by atoms with Crippen molar-refractivity contribution < 1.29 is 14.0 Å². The minimum absolute atomic E-state index is 0.0217. The van der Waals surface area contributed by atoms with E-state index < -0.39 is 0 Å². The largest absolute Gasteiger partial charge is 0.352 e. The molecule has 1 heterocycles. The molecule has 1 aliphatic heterocycles. The number of nitrogens with one attached hydrogen (secondary N) is 1. The molecule has 1 atom stereocenters. The smallest absolute Gasteiger partial charge is 0.225 e. The van der Waals surface area contributed by atoms with Crippen molar-refractivity contribution in [2.45, 2.75) is 26.4 Å². The van der Waals surface area contributed by atoms with E-state index in [-0.39, 0.29) is 36.5 Å². The van der Waals surface area contributed by atoms with Crippen LogP contribution in [-0.2, 0) is 22.7 Å². The van der Waals surface area contributed by atoms with Crippen LogP contribution in [0.3, 0.4) is 0 Å². The minimum atomic E-state index is -0.385. The Kier molecular flexibility index (Phi) is 5.12. The Morgan fingerprint density at radius 2 is 1.92 bits per heavy atom. The number of hydrogen-bond donors (Lipinski definition) is 1. The summed E-state index contributed by atoms with van der Waals surface area (Å²) >= 11 is 0. The van der Waals surface area contributed by atoms with Gasteiger partial charge in [-0.15, -0.1) is 0 Å². The first kappa shape index (κ1) is 17.1. The third kappa shape index (κ3) is 4.24. The monoisotopic (exact) mass is 340 g/mol.